The summed E-state index contributed by atoms with van der Waals surface area (Å²) in [7, 11) is 7.48. The predicted molar refractivity (Wildman–Crippen MR) is 141 cm³/mol. The Bertz CT molecular complexity index is 1010. The van der Waals surface area contributed by atoms with Gasteiger partial charge in [0.2, 0.25) is 0 Å². The van der Waals surface area contributed by atoms with Crippen molar-refractivity contribution in [2.45, 2.75) is 37.4 Å². The van der Waals surface area contributed by atoms with Gasteiger partial charge in [-0.15, -0.1) is 0 Å². The first-order valence-electron chi connectivity index (χ1n) is 10.3. The number of hydrogen-bond donors (Lipinski definition) is 0. The van der Waals surface area contributed by atoms with Gasteiger partial charge in [0, 0.05) is 0 Å². The van der Waals surface area contributed by atoms with E-state index >= 15 is 0 Å². The molecule has 5 rings (SSSR count). The quantitative estimate of drug-likeness (QED) is 0.301. The molecule has 160 valence electrons. The molecule has 1 saturated heterocycles. The van der Waals surface area contributed by atoms with Gasteiger partial charge in [-0.25, -0.2) is 0 Å². The number of fused-ring (bicyclic) bond motifs is 2. The van der Waals surface area contributed by atoms with Gasteiger partial charge in [-0.05, 0) is 0 Å². The summed E-state index contributed by atoms with van der Waals surface area (Å²) in [6, 6.07) is 0. The Morgan fingerprint density at radius 3 is 1.50 bits per heavy atom. The van der Waals surface area contributed by atoms with Crippen LogP contribution in [0.4, 0.5) is 0 Å². The second kappa shape index (κ2) is 7.31. The zero-order valence-corrected chi connectivity index (χ0v) is 27.0. The van der Waals surface area contributed by atoms with Gasteiger partial charge in [0.15, 0.2) is 0 Å². The van der Waals surface area contributed by atoms with Crippen LogP contribution in [0, 0.1) is 0 Å². The van der Waals surface area contributed by atoms with Crippen LogP contribution in [0.2, 0.25) is 13.1 Å². The van der Waals surface area contributed by atoms with Crippen molar-refractivity contribution < 1.29 is 20.8 Å². The fraction of sp³-hybridized carbons (Fsp3) is 0.455. The molecule has 0 aromatic rings. The molecule has 0 spiro atoms. The molecular weight excluding hydrogens is 636 g/mol. The normalized spacial score (nSPS) is 31.1. The molecule has 3 aliphatic heterocycles. The Morgan fingerprint density at radius 2 is 1.17 bits per heavy atom. The van der Waals surface area contributed by atoms with Crippen LogP contribution in [0.3, 0.4) is 0 Å². The number of hydrogen-bond acceptors (Lipinski definition) is 4. The van der Waals surface area contributed by atoms with Gasteiger partial charge in [-0.2, -0.15) is 0 Å². The number of thioether (sulfide) groups is 2. The molecule has 8 heteroatoms. The molecule has 5 aliphatic rings. The van der Waals surface area contributed by atoms with Gasteiger partial charge in [0.05, 0.1) is 0 Å². The molecule has 0 N–H and O–H groups in total. The topological polar surface area (TPSA) is 6.48 Å². The van der Waals surface area contributed by atoms with E-state index in [-0.39, 0.29) is 0 Å². The first kappa shape index (κ1) is 22.9. The molecule has 0 saturated carbocycles. The van der Waals surface area contributed by atoms with Crippen molar-refractivity contribution in [2.75, 3.05) is 28.2 Å². The van der Waals surface area contributed by atoms with E-state index in [2.05, 4.69) is 128 Å². The van der Waals surface area contributed by atoms with Gasteiger partial charge in [0.25, 0.3) is 0 Å². The van der Waals surface area contributed by atoms with Crippen LogP contribution >= 0.6 is 55.4 Å². The number of allylic oxidation sites excluding steroid dienone is 6. The molecule has 4 bridgehead atoms. The van der Waals surface area contributed by atoms with E-state index < -0.39 is 28.9 Å². The average molecular weight is 664 g/mol. The molecule has 2 aliphatic carbocycles. The summed E-state index contributed by atoms with van der Waals surface area (Å²) in [6.07, 6.45) is 5.00. The number of nitrogens with zero attached hydrogens (tertiary/aromatic N) is 2. The van der Waals surface area contributed by atoms with Crippen LogP contribution in [0.15, 0.2) is 59.0 Å². The molecule has 2 nitrogen and oxygen atoms in total. The summed E-state index contributed by atoms with van der Waals surface area (Å²) in [4.78, 5) is 0. The first-order chi connectivity index (χ1) is 14.0. The van der Waals surface area contributed by atoms with E-state index in [0.717, 1.165) is 0 Å². The summed E-state index contributed by atoms with van der Waals surface area (Å²) in [5.74, 6) is 0. The van der Waals surface area contributed by atoms with E-state index in [0.29, 0.717) is 10.5 Å². The zero-order chi connectivity index (χ0) is 21.9. The van der Waals surface area contributed by atoms with Crippen LogP contribution in [0.1, 0.15) is 13.8 Å². The summed E-state index contributed by atoms with van der Waals surface area (Å²) >= 11 is 9.33. The van der Waals surface area contributed by atoms with Crippen LogP contribution < -0.4 is 0 Å². The molecule has 3 heterocycles. The van der Waals surface area contributed by atoms with Crippen LogP contribution in [0.25, 0.3) is 0 Å². The maximum atomic E-state index is 4.15. The van der Waals surface area contributed by atoms with Crippen molar-refractivity contribution in [3.63, 3.8) is 0 Å². The van der Waals surface area contributed by atoms with Gasteiger partial charge < -0.3 is 0 Å². The second-order valence-electron chi connectivity index (χ2n) is 9.76. The van der Waals surface area contributed by atoms with Crippen LogP contribution in [0.5, 0.6) is 0 Å². The van der Waals surface area contributed by atoms with Crippen molar-refractivity contribution in [1.82, 2.24) is 5.69 Å². The maximum absolute atomic E-state index is 4.15. The first-order valence-corrected chi connectivity index (χ1v) is 21.3. The molecule has 0 radical (unpaired) electrons. The third kappa shape index (κ3) is 2.66. The Morgan fingerprint density at radius 1 is 0.800 bits per heavy atom. The summed E-state index contributed by atoms with van der Waals surface area (Å²) in [6.45, 7) is 9.92. The second-order valence-corrected chi connectivity index (χ2v) is 29.8. The molecule has 0 amide bonds. The fourth-order valence-corrected chi connectivity index (χ4v) is 38.5. The average Bonchev–Trinajstić information content (AvgIpc) is 3.31. The predicted octanol–water partition coefficient (Wildman–Crippen LogP) is 6.77. The fourth-order valence-electron chi connectivity index (χ4n) is 6.27. The van der Waals surface area contributed by atoms with Crippen LogP contribution in [-0.4, -0.2) is 52.5 Å². The molecule has 1 fully saturated rings. The Hall–Kier alpha value is 1.12. The van der Waals surface area contributed by atoms with Crippen molar-refractivity contribution in [3.05, 3.63) is 59.0 Å². The SMILES string of the molecule is CC1=C2C3S[C](=C(Br)C3=C1)[Zr]([N](C)C)([N](C)C)[C]1=C(Br)C3=CC(C)=C(C3S1)[Si]2(C)C. The van der Waals surface area contributed by atoms with E-state index in [1.807, 2.05) is 0 Å². The molecule has 0 aromatic heterocycles. The Balaban J connectivity index is 1.89. The molecule has 0 aromatic carbocycles. The summed E-state index contributed by atoms with van der Waals surface area (Å²) in [5.41, 5.74) is 6.10. The molecule has 2 unspecified atom stereocenters. The summed E-state index contributed by atoms with van der Waals surface area (Å²) in [5, 5.41) is 4.50. The molecule has 2 atom stereocenters. The van der Waals surface area contributed by atoms with Crippen molar-refractivity contribution >= 4 is 63.5 Å². The minimum atomic E-state index is -3.32. The third-order valence-corrected chi connectivity index (χ3v) is 34.0. The van der Waals surface area contributed by atoms with Gasteiger partial charge in [-0.3, -0.25) is 0 Å². The zero-order valence-electron chi connectivity index (χ0n) is 18.8. The number of rotatable bonds is 2. The van der Waals surface area contributed by atoms with Crippen molar-refractivity contribution in [1.29, 1.82) is 0 Å². The molecule has 30 heavy (non-hydrogen) atoms. The van der Waals surface area contributed by atoms with E-state index in [9.17, 15) is 0 Å². The third-order valence-electron chi connectivity index (χ3n) is 7.33. The Kier molecular flexibility index (Phi) is 5.58. The van der Waals surface area contributed by atoms with Crippen LogP contribution in [-0.2, 0) is 20.8 Å². The number of halogens is 2. The monoisotopic (exact) mass is 660 g/mol. The van der Waals surface area contributed by atoms with Crippen molar-refractivity contribution in [2.24, 2.45) is 0 Å². The summed E-state index contributed by atoms with van der Waals surface area (Å²) < 4.78 is 11.3. The van der Waals surface area contributed by atoms with E-state index in [4.69, 9.17) is 0 Å². The van der Waals surface area contributed by atoms with Gasteiger partial charge in [-0.1, -0.05) is 0 Å². The standard InChI is InChI=1S/C18H16Br2S2Si.2C2H6N.Zr/c1-9-5-11-13(19)7-21-15(11)17(9)23(3,4)18-10(2)6-12-14(20)8-22-16(12)18;2*1-3-2;/h5-6,15-16H,1-4H3;2*1-2H3;/q;2*-1;+2. The van der Waals surface area contributed by atoms with E-state index in [1.54, 1.807) is 15.6 Å². The van der Waals surface area contributed by atoms with Gasteiger partial charge in [0.1, 0.15) is 0 Å². The Labute approximate surface area is 212 Å². The molecular formula is C22H28Br2N2S2SiZr. The van der Waals surface area contributed by atoms with E-state index in [1.165, 1.54) is 31.3 Å². The van der Waals surface area contributed by atoms with Crippen molar-refractivity contribution in [3.8, 4) is 0 Å². The van der Waals surface area contributed by atoms with Gasteiger partial charge >= 0.3 is 215 Å². The minimum absolute atomic E-state index is 0.498.